The van der Waals surface area contributed by atoms with Crippen molar-refractivity contribution in [1.82, 2.24) is 10.1 Å². The fourth-order valence-electron chi connectivity index (χ4n) is 3.38. The second kappa shape index (κ2) is 5.39. The Balaban J connectivity index is 1.63. The van der Waals surface area contributed by atoms with Crippen LogP contribution in [0.3, 0.4) is 0 Å². The summed E-state index contributed by atoms with van der Waals surface area (Å²) in [6.45, 7) is 0.294. The lowest BCUT2D eigenvalue weighted by molar-refractivity contribution is -0.230. The number of hydrogen-bond donors (Lipinski definition) is 1. The number of carbonyl (C=O) groups is 1. The van der Waals surface area contributed by atoms with E-state index in [4.69, 9.17) is 14.0 Å². The van der Waals surface area contributed by atoms with E-state index in [-0.39, 0.29) is 0 Å². The van der Waals surface area contributed by atoms with Crippen molar-refractivity contribution < 1.29 is 23.9 Å². The van der Waals surface area contributed by atoms with Crippen molar-refractivity contribution in [2.45, 2.75) is 36.9 Å². The van der Waals surface area contributed by atoms with Crippen LogP contribution < -0.4 is 0 Å². The summed E-state index contributed by atoms with van der Waals surface area (Å²) in [5.74, 6) is 0.421. The molecule has 1 saturated carbocycles. The molecule has 2 bridgehead atoms. The lowest BCUT2D eigenvalue weighted by atomic mass is 9.73. The molecule has 3 heterocycles. The Morgan fingerprint density at radius 2 is 2.08 bits per heavy atom. The highest BCUT2D eigenvalue weighted by Gasteiger charge is 2.53. The molecule has 1 aromatic heterocycles. The number of aliphatic hydroxyl groups is 1. The van der Waals surface area contributed by atoms with Gasteiger partial charge in [-0.1, -0.05) is 17.3 Å². The smallest absolute Gasteiger partial charge is 0.337 e. The van der Waals surface area contributed by atoms with Gasteiger partial charge in [-0.05, 0) is 37.8 Å². The summed E-state index contributed by atoms with van der Waals surface area (Å²) in [5.41, 5.74) is -0.210. The van der Waals surface area contributed by atoms with Gasteiger partial charge in [-0.2, -0.15) is 4.98 Å². The Labute approximate surface area is 138 Å². The zero-order chi connectivity index (χ0) is 16.8. The Morgan fingerprint density at radius 3 is 2.75 bits per heavy atom. The lowest BCUT2D eigenvalue weighted by Crippen LogP contribution is -2.53. The van der Waals surface area contributed by atoms with Gasteiger partial charge in [0.2, 0.25) is 5.82 Å². The number of benzene rings is 1. The third-order valence-corrected chi connectivity index (χ3v) is 4.96. The van der Waals surface area contributed by atoms with Gasteiger partial charge < -0.3 is 19.1 Å². The second-order valence-corrected chi connectivity index (χ2v) is 6.50. The first kappa shape index (κ1) is 15.3. The van der Waals surface area contributed by atoms with Crippen LogP contribution in [0, 0.1) is 0 Å². The molecule has 0 radical (unpaired) electrons. The van der Waals surface area contributed by atoms with E-state index in [2.05, 4.69) is 10.1 Å². The summed E-state index contributed by atoms with van der Waals surface area (Å²) in [7, 11) is 1.34. The molecule has 3 fully saturated rings. The number of ether oxygens (including phenoxy) is 2. The van der Waals surface area contributed by atoms with Gasteiger partial charge in [-0.25, -0.2) is 4.79 Å². The van der Waals surface area contributed by atoms with Crippen molar-refractivity contribution in [2.75, 3.05) is 13.7 Å². The van der Waals surface area contributed by atoms with Gasteiger partial charge in [-0.15, -0.1) is 0 Å². The van der Waals surface area contributed by atoms with Crippen LogP contribution in [0.15, 0.2) is 28.8 Å². The molecule has 2 aliphatic heterocycles. The van der Waals surface area contributed by atoms with Crippen LogP contribution in [0.25, 0.3) is 11.4 Å². The molecule has 2 saturated heterocycles. The SMILES string of the molecule is COC(=O)c1cccc(-c2noc(C34CCC(O)(CC3)CO4)n2)c1. The highest BCUT2D eigenvalue weighted by atomic mass is 16.5. The fourth-order valence-corrected chi connectivity index (χ4v) is 3.38. The van der Waals surface area contributed by atoms with Gasteiger partial charge in [0, 0.05) is 5.56 Å². The molecule has 3 aliphatic rings. The van der Waals surface area contributed by atoms with E-state index in [1.165, 1.54) is 7.11 Å². The number of nitrogens with zero attached hydrogens (tertiary/aromatic N) is 2. The first-order valence-electron chi connectivity index (χ1n) is 7.93. The Kier molecular flexibility index (Phi) is 3.43. The number of carbonyl (C=O) groups excluding carboxylic acids is 1. The first-order chi connectivity index (χ1) is 11.5. The highest BCUT2D eigenvalue weighted by molar-refractivity contribution is 5.90. The lowest BCUT2D eigenvalue weighted by Gasteiger charge is -2.48. The standard InChI is InChI=1S/C17H18N2O5/c1-22-14(20)12-4-2-3-11(9-12)13-18-15(24-19-13)17-7-5-16(21,6-8-17)10-23-17/h2-4,9,21H,5-8,10H2,1H3. The van der Waals surface area contributed by atoms with Crippen molar-refractivity contribution >= 4 is 5.97 Å². The normalized spacial score (nSPS) is 28.8. The third kappa shape index (κ3) is 2.40. The van der Waals surface area contributed by atoms with Gasteiger partial charge in [0.05, 0.1) is 24.9 Å². The van der Waals surface area contributed by atoms with Crippen LogP contribution in [-0.4, -0.2) is 40.5 Å². The van der Waals surface area contributed by atoms with Gasteiger partial charge in [0.25, 0.3) is 5.89 Å². The van der Waals surface area contributed by atoms with E-state index in [1.54, 1.807) is 24.3 Å². The maximum absolute atomic E-state index is 11.7. The number of aromatic nitrogens is 2. The third-order valence-electron chi connectivity index (χ3n) is 4.96. The molecule has 2 aromatic rings. The predicted octanol–water partition coefficient (Wildman–Crippen LogP) is 2.05. The molecule has 7 nitrogen and oxygen atoms in total. The van der Waals surface area contributed by atoms with Crippen molar-refractivity contribution in [3.05, 3.63) is 35.7 Å². The minimum atomic E-state index is -0.709. The summed E-state index contributed by atoms with van der Waals surface area (Å²) in [5, 5.41) is 14.3. The van der Waals surface area contributed by atoms with E-state index in [0.717, 1.165) is 0 Å². The molecular weight excluding hydrogens is 312 g/mol. The fraction of sp³-hybridized carbons (Fsp3) is 0.471. The summed E-state index contributed by atoms with van der Waals surface area (Å²) in [6.07, 6.45) is 2.66. The zero-order valence-electron chi connectivity index (χ0n) is 13.3. The molecule has 5 rings (SSSR count). The molecule has 1 aliphatic carbocycles. The Morgan fingerprint density at radius 1 is 1.29 bits per heavy atom. The molecule has 0 amide bonds. The maximum atomic E-state index is 11.7. The van der Waals surface area contributed by atoms with E-state index < -0.39 is 17.2 Å². The van der Waals surface area contributed by atoms with Crippen molar-refractivity contribution in [2.24, 2.45) is 0 Å². The molecule has 0 atom stereocenters. The van der Waals surface area contributed by atoms with E-state index >= 15 is 0 Å². The minimum absolute atomic E-state index is 0.294. The summed E-state index contributed by atoms with van der Waals surface area (Å²) < 4.78 is 16.0. The molecule has 7 heteroatoms. The number of rotatable bonds is 3. The first-order valence-corrected chi connectivity index (χ1v) is 7.93. The van der Waals surface area contributed by atoms with Crippen molar-refractivity contribution in [3.63, 3.8) is 0 Å². The van der Waals surface area contributed by atoms with Gasteiger partial charge in [-0.3, -0.25) is 0 Å². The second-order valence-electron chi connectivity index (χ2n) is 6.50. The summed E-state index contributed by atoms with van der Waals surface area (Å²) in [6, 6.07) is 6.88. The monoisotopic (exact) mass is 330 g/mol. The van der Waals surface area contributed by atoms with Crippen LogP contribution in [-0.2, 0) is 15.1 Å². The average molecular weight is 330 g/mol. The average Bonchev–Trinajstić information content (AvgIpc) is 3.13. The molecule has 0 spiro atoms. The summed E-state index contributed by atoms with van der Waals surface area (Å²) in [4.78, 5) is 16.1. The molecule has 1 N–H and O–H groups in total. The van der Waals surface area contributed by atoms with Crippen LogP contribution in [0.4, 0.5) is 0 Å². The number of methoxy groups -OCH3 is 1. The van der Waals surface area contributed by atoms with Crippen LogP contribution in [0.5, 0.6) is 0 Å². The number of hydrogen-bond acceptors (Lipinski definition) is 7. The molecule has 24 heavy (non-hydrogen) atoms. The zero-order valence-corrected chi connectivity index (χ0v) is 13.3. The topological polar surface area (TPSA) is 94.7 Å². The van der Waals surface area contributed by atoms with Gasteiger partial charge >= 0.3 is 5.97 Å². The van der Waals surface area contributed by atoms with E-state index in [0.29, 0.717) is 55.1 Å². The summed E-state index contributed by atoms with van der Waals surface area (Å²) >= 11 is 0. The van der Waals surface area contributed by atoms with Crippen molar-refractivity contribution in [1.29, 1.82) is 0 Å². The van der Waals surface area contributed by atoms with Crippen molar-refractivity contribution in [3.8, 4) is 11.4 Å². The quantitative estimate of drug-likeness (QED) is 0.861. The highest BCUT2D eigenvalue weighted by Crippen LogP contribution is 2.49. The Bertz CT molecular complexity index is 760. The minimum Gasteiger partial charge on any atom is -0.465 e. The number of esters is 1. The van der Waals surface area contributed by atoms with E-state index in [9.17, 15) is 9.90 Å². The van der Waals surface area contributed by atoms with Crippen LogP contribution in [0.1, 0.15) is 41.9 Å². The maximum Gasteiger partial charge on any atom is 0.337 e. The van der Waals surface area contributed by atoms with Gasteiger partial charge in [0.1, 0.15) is 5.60 Å². The van der Waals surface area contributed by atoms with Gasteiger partial charge in [0.15, 0.2) is 0 Å². The molecule has 0 unspecified atom stereocenters. The molecule has 1 aromatic carbocycles. The van der Waals surface area contributed by atoms with E-state index in [1.807, 2.05) is 0 Å². The largest absolute Gasteiger partial charge is 0.465 e. The Hall–Kier alpha value is -2.25. The molecule has 126 valence electrons. The van der Waals surface area contributed by atoms with Crippen LogP contribution >= 0.6 is 0 Å². The predicted molar refractivity (Wildman–Crippen MR) is 82.1 cm³/mol. The van der Waals surface area contributed by atoms with Crippen LogP contribution in [0.2, 0.25) is 0 Å². The molecular formula is C17H18N2O5. The number of fused-ring (bicyclic) bond motifs is 3.